The predicted molar refractivity (Wildman–Crippen MR) is 76.0 cm³/mol. The second kappa shape index (κ2) is 6.64. The molecule has 2 rings (SSSR count). The molecule has 0 spiro atoms. The molecule has 2 aromatic rings. The minimum absolute atomic E-state index is 0.0621. The second-order valence-corrected chi connectivity index (χ2v) is 4.17. The number of hydrazine groups is 1. The van der Waals surface area contributed by atoms with Gasteiger partial charge in [0.2, 0.25) is 5.88 Å². The zero-order valence-electron chi connectivity index (χ0n) is 11.0. The van der Waals surface area contributed by atoms with Crippen molar-refractivity contribution in [1.29, 1.82) is 0 Å². The first-order valence-corrected chi connectivity index (χ1v) is 6.13. The molecule has 0 aliphatic rings. The van der Waals surface area contributed by atoms with Crippen LogP contribution in [0.2, 0.25) is 0 Å². The van der Waals surface area contributed by atoms with Gasteiger partial charge in [-0.3, -0.25) is 10.1 Å². The molecule has 21 heavy (non-hydrogen) atoms. The number of rotatable bonds is 6. The summed E-state index contributed by atoms with van der Waals surface area (Å²) in [6.07, 6.45) is 0.552. The Kier molecular flexibility index (Phi) is 4.64. The maximum Gasteiger partial charge on any atom is 0.278 e. The molecule has 0 radical (unpaired) electrons. The first-order valence-electron chi connectivity index (χ1n) is 6.13. The zero-order valence-corrected chi connectivity index (χ0v) is 11.0. The molecule has 0 aliphatic heterocycles. The number of nitro groups is 1. The number of hydrogen-bond donors (Lipinski definition) is 3. The molecule has 0 saturated carbocycles. The molecule has 0 saturated heterocycles. The highest BCUT2D eigenvalue weighted by molar-refractivity contribution is 5.48. The number of nitrogens with two attached hydrogens (primary N) is 1. The van der Waals surface area contributed by atoms with Gasteiger partial charge in [0.1, 0.15) is 5.75 Å². The van der Waals surface area contributed by atoms with Gasteiger partial charge in [0.05, 0.1) is 17.1 Å². The summed E-state index contributed by atoms with van der Waals surface area (Å²) in [6.45, 7) is 0.0676. The fraction of sp³-hybridized carbons (Fsp3) is 0.154. The number of ether oxygens (including phenoxy) is 1. The van der Waals surface area contributed by atoms with Crippen molar-refractivity contribution < 1.29 is 14.8 Å². The Hall–Kier alpha value is -2.71. The van der Waals surface area contributed by atoms with Crippen LogP contribution in [0.4, 0.5) is 11.5 Å². The van der Waals surface area contributed by atoms with E-state index >= 15 is 0 Å². The molecule has 0 amide bonds. The topological polar surface area (TPSA) is 124 Å². The lowest BCUT2D eigenvalue weighted by Gasteiger charge is -2.07. The van der Waals surface area contributed by atoms with Crippen LogP contribution in [0.3, 0.4) is 0 Å². The quantitative estimate of drug-likeness (QED) is 0.419. The summed E-state index contributed by atoms with van der Waals surface area (Å²) in [7, 11) is 0. The fourth-order valence-corrected chi connectivity index (χ4v) is 1.70. The first-order chi connectivity index (χ1) is 10.1. The third-order valence-corrected chi connectivity index (χ3v) is 2.69. The number of hydrogen-bond acceptors (Lipinski definition) is 7. The highest BCUT2D eigenvalue weighted by atomic mass is 16.6. The van der Waals surface area contributed by atoms with Crippen molar-refractivity contribution in [2.75, 3.05) is 12.0 Å². The Bertz CT molecular complexity index is 631. The van der Waals surface area contributed by atoms with E-state index in [1.165, 1.54) is 12.1 Å². The number of pyridine rings is 1. The maximum atomic E-state index is 10.8. The zero-order chi connectivity index (χ0) is 15.2. The molecule has 8 heteroatoms. The Morgan fingerprint density at radius 1 is 1.33 bits per heavy atom. The summed E-state index contributed by atoms with van der Waals surface area (Å²) in [6, 6.07) is 9.40. The van der Waals surface area contributed by atoms with Crippen LogP contribution in [0.5, 0.6) is 11.6 Å². The summed E-state index contributed by atoms with van der Waals surface area (Å²) in [5.41, 5.74) is 3.03. The summed E-state index contributed by atoms with van der Waals surface area (Å²) < 4.78 is 5.47. The summed E-state index contributed by atoms with van der Waals surface area (Å²) in [5, 5.41) is 19.7. The minimum atomic E-state index is -0.556. The number of nitrogen functional groups attached to an aromatic ring is 1. The van der Waals surface area contributed by atoms with Crippen molar-refractivity contribution in [1.82, 2.24) is 4.98 Å². The number of benzene rings is 1. The lowest BCUT2D eigenvalue weighted by molar-refractivity contribution is -0.384. The van der Waals surface area contributed by atoms with Crippen LogP contribution in [0.25, 0.3) is 0 Å². The molecule has 110 valence electrons. The largest absolute Gasteiger partial charge is 0.439 e. The lowest BCUT2D eigenvalue weighted by Crippen LogP contribution is -2.09. The van der Waals surface area contributed by atoms with Crippen molar-refractivity contribution >= 4 is 11.5 Å². The standard InChI is InChI=1S/C13H14N4O4/c14-16-12-7-10(17(19)20)8-13(15-12)21-11-3-1-9(2-4-11)5-6-18/h1-4,7-8,18H,5-6,14H2,(H,15,16). The third kappa shape index (κ3) is 3.88. The van der Waals surface area contributed by atoms with Crippen LogP contribution >= 0.6 is 0 Å². The van der Waals surface area contributed by atoms with Crippen molar-refractivity contribution in [3.05, 3.63) is 52.1 Å². The molecule has 0 fully saturated rings. The smallest absolute Gasteiger partial charge is 0.278 e. The number of nitrogens with zero attached hydrogens (tertiary/aromatic N) is 2. The molecule has 0 unspecified atom stereocenters. The maximum absolute atomic E-state index is 10.8. The summed E-state index contributed by atoms with van der Waals surface area (Å²) in [4.78, 5) is 14.2. The van der Waals surface area contributed by atoms with Gasteiger partial charge in [-0.2, -0.15) is 4.98 Å². The van der Waals surface area contributed by atoms with Gasteiger partial charge in [0, 0.05) is 6.61 Å². The van der Waals surface area contributed by atoms with E-state index in [1.54, 1.807) is 24.3 Å². The van der Waals surface area contributed by atoms with Gasteiger partial charge < -0.3 is 15.3 Å². The van der Waals surface area contributed by atoms with Gasteiger partial charge in [0.25, 0.3) is 5.69 Å². The molecule has 1 aromatic carbocycles. The Morgan fingerprint density at radius 3 is 2.62 bits per heavy atom. The van der Waals surface area contributed by atoms with Crippen LogP contribution in [-0.2, 0) is 6.42 Å². The van der Waals surface area contributed by atoms with Gasteiger partial charge in [-0.25, -0.2) is 5.84 Å². The summed E-state index contributed by atoms with van der Waals surface area (Å²) >= 11 is 0. The number of anilines is 1. The predicted octanol–water partition coefficient (Wildman–Crippen LogP) is 1.60. The van der Waals surface area contributed by atoms with Gasteiger partial charge in [-0.05, 0) is 24.1 Å². The van der Waals surface area contributed by atoms with E-state index in [2.05, 4.69) is 10.4 Å². The normalized spacial score (nSPS) is 10.2. The minimum Gasteiger partial charge on any atom is -0.439 e. The molecule has 0 atom stereocenters. The average Bonchev–Trinajstić information content (AvgIpc) is 2.49. The molecular formula is C13H14N4O4. The van der Waals surface area contributed by atoms with E-state index in [0.29, 0.717) is 12.2 Å². The molecule has 1 heterocycles. The number of nitrogens with one attached hydrogen (secondary N) is 1. The molecule has 8 nitrogen and oxygen atoms in total. The van der Waals surface area contributed by atoms with E-state index in [-0.39, 0.29) is 24.0 Å². The van der Waals surface area contributed by atoms with E-state index in [1.807, 2.05) is 0 Å². The Morgan fingerprint density at radius 2 is 2.05 bits per heavy atom. The van der Waals surface area contributed by atoms with Crippen molar-refractivity contribution in [2.45, 2.75) is 6.42 Å². The molecule has 0 bridgehead atoms. The molecule has 4 N–H and O–H groups in total. The molecular weight excluding hydrogens is 276 g/mol. The monoisotopic (exact) mass is 290 g/mol. The third-order valence-electron chi connectivity index (χ3n) is 2.69. The van der Waals surface area contributed by atoms with E-state index in [0.717, 1.165) is 5.56 Å². The van der Waals surface area contributed by atoms with Gasteiger partial charge in [-0.15, -0.1) is 0 Å². The number of aromatic nitrogens is 1. The number of aliphatic hydroxyl groups is 1. The van der Waals surface area contributed by atoms with Crippen LogP contribution in [0, 0.1) is 10.1 Å². The van der Waals surface area contributed by atoms with Crippen molar-refractivity contribution in [3.8, 4) is 11.6 Å². The Labute approximate surface area is 120 Å². The summed E-state index contributed by atoms with van der Waals surface area (Å²) in [5.74, 6) is 5.90. The van der Waals surface area contributed by atoms with Crippen molar-refractivity contribution in [2.24, 2.45) is 5.84 Å². The highest BCUT2D eigenvalue weighted by Gasteiger charge is 2.12. The van der Waals surface area contributed by atoms with Gasteiger partial charge in [0.15, 0.2) is 5.82 Å². The van der Waals surface area contributed by atoms with E-state index in [9.17, 15) is 10.1 Å². The average molecular weight is 290 g/mol. The molecule has 1 aromatic heterocycles. The Balaban J connectivity index is 2.21. The highest BCUT2D eigenvalue weighted by Crippen LogP contribution is 2.26. The SMILES string of the molecule is NNc1cc([N+](=O)[O-])cc(Oc2ccc(CCO)cc2)n1. The van der Waals surface area contributed by atoms with Gasteiger partial charge >= 0.3 is 0 Å². The van der Waals surface area contributed by atoms with Crippen LogP contribution < -0.4 is 16.0 Å². The van der Waals surface area contributed by atoms with Crippen LogP contribution in [-0.4, -0.2) is 21.6 Å². The lowest BCUT2D eigenvalue weighted by atomic mass is 10.1. The van der Waals surface area contributed by atoms with E-state index < -0.39 is 4.92 Å². The second-order valence-electron chi connectivity index (χ2n) is 4.17. The van der Waals surface area contributed by atoms with Crippen LogP contribution in [0.15, 0.2) is 36.4 Å². The van der Waals surface area contributed by atoms with E-state index in [4.69, 9.17) is 15.7 Å². The van der Waals surface area contributed by atoms with Crippen LogP contribution in [0.1, 0.15) is 5.56 Å². The van der Waals surface area contributed by atoms with Crippen molar-refractivity contribution in [3.63, 3.8) is 0 Å². The molecule has 0 aliphatic carbocycles. The van der Waals surface area contributed by atoms with Gasteiger partial charge in [-0.1, -0.05) is 12.1 Å². The number of aliphatic hydroxyl groups excluding tert-OH is 1. The first kappa shape index (κ1) is 14.7. The fourth-order valence-electron chi connectivity index (χ4n) is 1.70.